The molecule has 3 aromatic rings. The van der Waals surface area contributed by atoms with Crippen LogP contribution in [0.3, 0.4) is 0 Å². The van der Waals surface area contributed by atoms with Crippen LogP contribution >= 0.6 is 15.9 Å². The number of carbonyl (C=O) groups is 2. The Bertz CT molecular complexity index is 1280. The Morgan fingerprint density at radius 3 is 2.24 bits per heavy atom. The molecule has 3 atom stereocenters. The van der Waals surface area contributed by atoms with E-state index in [2.05, 4.69) is 15.9 Å². The molecule has 0 spiro atoms. The average molecular weight is 531 g/mol. The van der Waals surface area contributed by atoms with Crippen molar-refractivity contribution in [3.63, 3.8) is 0 Å². The molecular formula is C25H18BrF3N2O3. The molecule has 2 heterocycles. The van der Waals surface area contributed by atoms with E-state index in [0.29, 0.717) is 5.69 Å². The Balaban J connectivity index is 1.57. The summed E-state index contributed by atoms with van der Waals surface area (Å²) in [7, 11) is 0. The van der Waals surface area contributed by atoms with Crippen molar-refractivity contribution in [1.82, 2.24) is 0 Å². The molecule has 0 aromatic heterocycles. The van der Waals surface area contributed by atoms with Crippen molar-refractivity contribution in [2.75, 3.05) is 9.96 Å². The molecule has 2 aliphatic rings. The van der Waals surface area contributed by atoms with Crippen LogP contribution in [0.4, 0.5) is 24.5 Å². The van der Waals surface area contributed by atoms with Crippen molar-refractivity contribution >= 4 is 39.1 Å². The maximum absolute atomic E-state index is 13.6. The summed E-state index contributed by atoms with van der Waals surface area (Å²) in [5, 5.41) is 1.55. The fraction of sp³-hybridized carbons (Fsp3) is 0.200. The molecule has 5 nitrogen and oxygen atoms in total. The minimum absolute atomic E-state index is 0.125. The normalized spacial score (nSPS) is 22.4. The molecule has 0 unspecified atom stereocenters. The minimum atomic E-state index is -4.60. The van der Waals surface area contributed by atoms with Gasteiger partial charge in [0.25, 0.3) is 5.91 Å². The smallest absolute Gasteiger partial charge is 0.273 e. The second-order valence-corrected chi connectivity index (χ2v) is 9.19. The molecular weight excluding hydrogens is 513 g/mol. The van der Waals surface area contributed by atoms with Crippen molar-refractivity contribution in [3.8, 4) is 0 Å². The van der Waals surface area contributed by atoms with Crippen LogP contribution in [0.5, 0.6) is 0 Å². The van der Waals surface area contributed by atoms with Gasteiger partial charge in [-0.3, -0.25) is 14.4 Å². The first-order valence-corrected chi connectivity index (χ1v) is 11.3. The monoisotopic (exact) mass is 530 g/mol. The molecule has 2 amide bonds. The average Bonchev–Trinajstić information content (AvgIpc) is 3.30. The fourth-order valence-electron chi connectivity index (χ4n) is 4.43. The lowest BCUT2D eigenvalue weighted by atomic mass is 9.90. The summed E-state index contributed by atoms with van der Waals surface area (Å²) in [5.74, 6) is -2.22. The maximum Gasteiger partial charge on any atom is 0.416 e. The largest absolute Gasteiger partial charge is 0.416 e. The van der Waals surface area contributed by atoms with Crippen molar-refractivity contribution in [2.45, 2.75) is 25.2 Å². The van der Waals surface area contributed by atoms with Gasteiger partial charge in [-0.25, -0.2) is 9.96 Å². The summed E-state index contributed by atoms with van der Waals surface area (Å²) < 4.78 is 40.5. The Labute approximate surface area is 201 Å². The highest BCUT2D eigenvalue weighted by Crippen LogP contribution is 2.48. The molecule has 9 heteroatoms. The van der Waals surface area contributed by atoms with E-state index in [-0.39, 0.29) is 5.69 Å². The lowest BCUT2D eigenvalue weighted by molar-refractivity contribution is -0.137. The number of halogens is 4. The van der Waals surface area contributed by atoms with E-state index in [1.165, 1.54) is 12.1 Å². The number of anilines is 2. The SMILES string of the molecule is Cc1ccc([C@@H]2[C@H]3C(=O)N(c4cccc(C(F)(F)F)c4)C(=O)[C@@H]3ON2c2cccc(Br)c2)cc1. The number of rotatable bonds is 3. The van der Waals surface area contributed by atoms with Gasteiger partial charge in [-0.15, -0.1) is 0 Å². The number of fused-ring (bicyclic) bond motifs is 1. The number of alkyl halides is 3. The van der Waals surface area contributed by atoms with Gasteiger partial charge in [0, 0.05) is 4.47 Å². The van der Waals surface area contributed by atoms with Crippen LogP contribution in [-0.2, 0) is 20.6 Å². The molecule has 2 aliphatic heterocycles. The molecule has 0 saturated carbocycles. The van der Waals surface area contributed by atoms with Gasteiger partial charge < -0.3 is 0 Å². The summed E-state index contributed by atoms with van der Waals surface area (Å²) in [6.45, 7) is 1.93. The third-order valence-corrected chi connectivity index (χ3v) is 6.52. The first kappa shape index (κ1) is 22.6. The van der Waals surface area contributed by atoms with Gasteiger partial charge in [-0.2, -0.15) is 13.2 Å². The number of nitrogens with zero attached hydrogens (tertiary/aromatic N) is 2. The van der Waals surface area contributed by atoms with Crippen LogP contribution in [-0.4, -0.2) is 17.9 Å². The number of aryl methyl sites for hydroxylation is 1. The number of hydrogen-bond donors (Lipinski definition) is 0. The van der Waals surface area contributed by atoms with Crippen molar-refractivity contribution < 1.29 is 27.6 Å². The summed E-state index contributed by atoms with van der Waals surface area (Å²) in [4.78, 5) is 33.7. The van der Waals surface area contributed by atoms with E-state index in [4.69, 9.17) is 4.84 Å². The molecule has 0 N–H and O–H groups in total. The van der Waals surface area contributed by atoms with Crippen molar-refractivity contribution in [1.29, 1.82) is 0 Å². The van der Waals surface area contributed by atoms with Gasteiger partial charge in [-0.05, 0) is 48.9 Å². The zero-order valence-electron chi connectivity index (χ0n) is 17.8. The van der Waals surface area contributed by atoms with Gasteiger partial charge in [0.15, 0.2) is 6.10 Å². The molecule has 5 rings (SSSR count). The van der Waals surface area contributed by atoms with E-state index in [1.807, 2.05) is 49.4 Å². The van der Waals surface area contributed by atoms with Crippen LogP contribution in [0.15, 0.2) is 77.3 Å². The summed E-state index contributed by atoms with van der Waals surface area (Å²) >= 11 is 3.43. The van der Waals surface area contributed by atoms with Gasteiger partial charge in [0.1, 0.15) is 5.92 Å². The lowest BCUT2D eigenvalue weighted by Gasteiger charge is -2.29. The van der Waals surface area contributed by atoms with Gasteiger partial charge in [0.2, 0.25) is 5.91 Å². The first-order valence-electron chi connectivity index (χ1n) is 10.5. The standard InChI is InChI=1S/C25H18BrF3N2O3/c1-14-8-10-15(11-9-14)21-20-22(34-31(21)19-7-3-5-17(26)13-19)24(33)30(23(20)32)18-6-2-4-16(12-18)25(27,28)29/h2-13,20-22H,1H3/t20-,21-,22-/m1/s1. The van der Waals surface area contributed by atoms with Gasteiger partial charge >= 0.3 is 6.18 Å². The van der Waals surface area contributed by atoms with Crippen LogP contribution in [0, 0.1) is 12.8 Å². The highest BCUT2D eigenvalue weighted by atomic mass is 79.9. The Morgan fingerprint density at radius 2 is 1.56 bits per heavy atom. The second kappa shape index (κ2) is 8.25. The number of hydrogen-bond acceptors (Lipinski definition) is 4. The van der Waals surface area contributed by atoms with Gasteiger partial charge in [0.05, 0.1) is 23.0 Å². The Kier molecular flexibility index (Phi) is 5.49. The number of amides is 2. The summed E-state index contributed by atoms with van der Waals surface area (Å²) in [5.41, 5.74) is 1.35. The third kappa shape index (κ3) is 3.78. The number of carbonyl (C=O) groups excluding carboxylic acids is 2. The molecule has 2 fully saturated rings. The topological polar surface area (TPSA) is 49.9 Å². The Morgan fingerprint density at radius 1 is 0.882 bits per heavy atom. The van der Waals surface area contributed by atoms with Crippen LogP contribution < -0.4 is 9.96 Å². The third-order valence-electron chi connectivity index (χ3n) is 6.03. The first-order chi connectivity index (χ1) is 16.1. The van der Waals surface area contributed by atoms with Crippen LogP contribution in [0.1, 0.15) is 22.7 Å². The number of benzene rings is 3. The fourth-order valence-corrected chi connectivity index (χ4v) is 4.82. The summed E-state index contributed by atoms with van der Waals surface area (Å²) in [6.07, 6.45) is -5.76. The van der Waals surface area contributed by atoms with Crippen LogP contribution in [0.25, 0.3) is 0 Å². The van der Waals surface area contributed by atoms with E-state index in [1.54, 1.807) is 11.1 Å². The molecule has 0 bridgehead atoms. The summed E-state index contributed by atoms with van der Waals surface area (Å²) in [6, 6.07) is 18.3. The molecule has 2 saturated heterocycles. The number of imide groups is 1. The molecule has 3 aromatic carbocycles. The predicted molar refractivity (Wildman–Crippen MR) is 123 cm³/mol. The lowest BCUT2D eigenvalue weighted by Crippen LogP contribution is -2.37. The zero-order chi connectivity index (χ0) is 24.2. The predicted octanol–water partition coefficient (Wildman–Crippen LogP) is 5.83. The van der Waals surface area contributed by atoms with Gasteiger partial charge in [-0.1, -0.05) is 57.9 Å². The molecule has 0 aliphatic carbocycles. The molecule has 34 heavy (non-hydrogen) atoms. The minimum Gasteiger partial charge on any atom is -0.273 e. The quantitative estimate of drug-likeness (QED) is 0.400. The van der Waals surface area contributed by atoms with Crippen LogP contribution in [0.2, 0.25) is 0 Å². The van der Waals surface area contributed by atoms with E-state index in [0.717, 1.165) is 32.6 Å². The highest BCUT2D eigenvalue weighted by Gasteiger charge is 2.60. The van der Waals surface area contributed by atoms with E-state index < -0.39 is 41.6 Å². The number of hydroxylamine groups is 1. The van der Waals surface area contributed by atoms with Crippen molar-refractivity contribution in [3.05, 3.63) is 94.0 Å². The molecule has 0 radical (unpaired) electrons. The zero-order valence-corrected chi connectivity index (χ0v) is 19.4. The maximum atomic E-state index is 13.6. The molecule has 174 valence electrons. The highest BCUT2D eigenvalue weighted by molar-refractivity contribution is 9.10. The van der Waals surface area contributed by atoms with E-state index in [9.17, 15) is 22.8 Å². The van der Waals surface area contributed by atoms with Crippen molar-refractivity contribution in [2.24, 2.45) is 5.92 Å². The Hall–Kier alpha value is -3.17. The second-order valence-electron chi connectivity index (χ2n) is 8.27. The van der Waals surface area contributed by atoms with E-state index >= 15 is 0 Å².